The second-order valence-corrected chi connectivity index (χ2v) is 6.69. The highest BCUT2D eigenvalue weighted by Gasteiger charge is 2.18. The van der Waals surface area contributed by atoms with Gasteiger partial charge in [-0.15, -0.1) is 0 Å². The summed E-state index contributed by atoms with van der Waals surface area (Å²) >= 11 is 2.11. The standard InChI is InChI=1S/C18H19IN2O3/c1-11(18(24)13-10-12(19)7-8-16(13)22)6-9-17(23)21-15-5-3-2-4-14(15)20/h2-11,18,22,24H,20H2,1H3,(H,21,23)/b9-6+/t11-,18-/m1/s1. The fourth-order valence-corrected chi connectivity index (χ4v) is 2.69. The topological polar surface area (TPSA) is 95.6 Å². The Labute approximate surface area is 154 Å². The zero-order valence-corrected chi connectivity index (χ0v) is 15.3. The van der Waals surface area contributed by atoms with Gasteiger partial charge in [0.05, 0.1) is 17.5 Å². The van der Waals surface area contributed by atoms with Crippen molar-refractivity contribution in [1.29, 1.82) is 0 Å². The maximum Gasteiger partial charge on any atom is 0.248 e. The quantitative estimate of drug-likeness (QED) is 0.327. The van der Waals surface area contributed by atoms with Crippen molar-refractivity contribution in [2.75, 3.05) is 11.1 Å². The van der Waals surface area contributed by atoms with Crippen LogP contribution in [0.3, 0.4) is 0 Å². The number of halogens is 1. The average Bonchev–Trinajstić information content (AvgIpc) is 2.56. The number of carbonyl (C=O) groups excluding carboxylic acids is 1. The lowest BCUT2D eigenvalue weighted by molar-refractivity contribution is -0.111. The summed E-state index contributed by atoms with van der Waals surface area (Å²) < 4.78 is 0.910. The molecule has 0 heterocycles. The Morgan fingerprint density at radius 2 is 2.00 bits per heavy atom. The van der Waals surface area contributed by atoms with Gasteiger partial charge in [-0.25, -0.2) is 0 Å². The minimum absolute atomic E-state index is 0.0321. The van der Waals surface area contributed by atoms with E-state index >= 15 is 0 Å². The lowest BCUT2D eigenvalue weighted by Crippen LogP contribution is -2.12. The van der Waals surface area contributed by atoms with Crippen molar-refractivity contribution in [2.45, 2.75) is 13.0 Å². The Hall–Kier alpha value is -2.06. The van der Waals surface area contributed by atoms with Crippen LogP contribution in [0.5, 0.6) is 5.75 Å². The van der Waals surface area contributed by atoms with E-state index in [0.717, 1.165) is 3.57 Å². The van der Waals surface area contributed by atoms with E-state index in [1.54, 1.807) is 55.5 Å². The average molecular weight is 438 g/mol. The van der Waals surface area contributed by atoms with Crippen LogP contribution in [0.4, 0.5) is 11.4 Å². The Bertz CT molecular complexity index is 762. The number of nitrogens with two attached hydrogens (primary N) is 1. The zero-order valence-electron chi connectivity index (χ0n) is 13.1. The van der Waals surface area contributed by atoms with Crippen LogP contribution >= 0.6 is 22.6 Å². The summed E-state index contributed by atoms with van der Waals surface area (Å²) in [6.07, 6.45) is 2.04. The number of amides is 1. The molecule has 0 saturated carbocycles. The van der Waals surface area contributed by atoms with E-state index in [1.807, 2.05) is 0 Å². The van der Waals surface area contributed by atoms with Gasteiger partial charge in [0.1, 0.15) is 5.75 Å². The molecule has 5 N–H and O–H groups in total. The molecule has 2 aromatic carbocycles. The number of hydrogen-bond acceptors (Lipinski definition) is 4. The van der Waals surface area contributed by atoms with E-state index < -0.39 is 6.10 Å². The number of aliphatic hydroxyl groups excluding tert-OH is 1. The first-order valence-corrected chi connectivity index (χ1v) is 8.46. The number of phenolic OH excluding ortho intramolecular Hbond substituents is 1. The number of nitrogen functional groups attached to an aromatic ring is 1. The van der Waals surface area contributed by atoms with Gasteiger partial charge in [-0.05, 0) is 59.0 Å². The molecule has 0 radical (unpaired) electrons. The van der Waals surface area contributed by atoms with Gasteiger partial charge in [-0.1, -0.05) is 25.1 Å². The molecule has 0 unspecified atom stereocenters. The summed E-state index contributed by atoms with van der Waals surface area (Å²) in [5, 5.41) is 22.9. The minimum atomic E-state index is -0.912. The zero-order chi connectivity index (χ0) is 17.7. The van der Waals surface area contributed by atoms with Crippen molar-refractivity contribution < 1.29 is 15.0 Å². The molecule has 2 aromatic rings. The second-order valence-electron chi connectivity index (χ2n) is 5.44. The molecule has 0 bridgehead atoms. The first-order valence-electron chi connectivity index (χ1n) is 7.38. The Kier molecular flexibility index (Phi) is 6.22. The van der Waals surface area contributed by atoms with Crippen LogP contribution in [-0.4, -0.2) is 16.1 Å². The van der Waals surface area contributed by atoms with E-state index in [1.165, 1.54) is 6.08 Å². The van der Waals surface area contributed by atoms with Crippen molar-refractivity contribution in [2.24, 2.45) is 5.92 Å². The van der Waals surface area contributed by atoms with Crippen LogP contribution < -0.4 is 11.1 Å². The molecule has 1 amide bonds. The molecule has 2 rings (SSSR count). The predicted octanol–water partition coefficient (Wildman–Crippen LogP) is 3.44. The molecule has 0 aliphatic rings. The number of phenols is 1. The fraction of sp³-hybridized carbons (Fsp3) is 0.167. The molecule has 126 valence electrons. The van der Waals surface area contributed by atoms with E-state index in [2.05, 4.69) is 27.9 Å². The molecule has 2 atom stereocenters. The normalized spacial score (nSPS) is 13.6. The van der Waals surface area contributed by atoms with Crippen LogP contribution in [0.15, 0.2) is 54.6 Å². The number of benzene rings is 2. The van der Waals surface area contributed by atoms with Crippen LogP contribution in [-0.2, 0) is 4.79 Å². The Balaban J connectivity index is 2.04. The molecule has 0 saturated heterocycles. The summed E-state index contributed by atoms with van der Waals surface area (Å²) in [5.41, 5.74) is 7.23. The first kappa shape index (κ1) is 18.3. The third-order valence-corrected chi connectivity index (χ3v) is 4.25. The van der Waals surface area contributed by atoms with Gasteiger partial charge in [-0.3, -0.25) is 4.79 Å². The predicted molar refractivity (Wildman–Crippen MR) is 104 cm³/mol. The Morgan fingerprint density at radius 3 is 2.71 bits per heavy atom. The molecular weight excluding hydrogens is 419 g/mol. The van der Waals surface area contributed by atoms with Crippen LogP contribution in [0.1, 0.15) is 18.6 Å². The molecule has 0 spiro atoms. The van der Waals surface area contributed by atoms with Crippen LogP contribution in [0, 0.1) is 9.49 Å². The van der Waals surface area contributed by atoms with Gasteiger partial charge >= 0.3 is 0 Å². The molecule has 6 heteroatoms. The molecule has 24 heavy (non-hydrogen) atoms. The van der Waals surface area contributed by atoms with Crippen molar-refractivity contribution in [3.8, 4) is 5.75 Å². The van der Waals surface area contributed by atoms with E-state index in [0.29, 0.717) is 16.9 Å². The summed E-state index contributed by atoms with van der Waals surface area (Å²) in [5.74, 6) is -0.656. The highest BCUT2D eigenvalue weighted by molar-refractivity contribution is 14.1. The molecule has 0 fully saturated rings. The molecular formula is C18H19IN2O3. The van der Waals surface area contributed by atoms with Crippen molar-refractivity contribution in [3.63, 3.8) is 0 Å². The number of aliphatic hydroxyl groups is 1. The third kappa shape index (κ3) is 4.72. The van der Waals surface area contributed by atoms with E-state index in [-0.39, 0.29) is 17.6 Å². The fourth-order valence-electron chi connectivity index (χ4n) is 2.18. The first-order chi connectivity index (χ1) is 11.4. The number of aromatic hydroxyl groups is 1. The number of carbonyl (C=O) groups is 1. The van der Waals surface area contributed by atoms with E-state index in [4.69, 9.17) is 5.73 Å². The van der Waals surface area contributed by atoms with Gasteiger partial charge in [-0.2, -0.15) is 0 Å². The number of rotatable bonds is 5. The van der Waals surface area contributed by atoms with Crippen molar-refractivity contribution >= 4 is 39.9 Å². The molecule has 0 aliphatic carbocycles. The second kappa shape index (κ2) is 8.16. The maximum atomic E-state index is 12.0. The monoisotopic (exact) mass is 438 g/mol. The largest absolute Gasteiger partial charge is 0.508 e. The van der Waals surface area contributed by atoms with Gasteiger partial charge in [0.2, 0.25) is 5.91 Å². The van der Waals surface area contributed by atoms with Gasteiger partial charge in [0.25, 0.3) is 0 Å². The van der Waals surface area contributed by atoms with Crippen LogP contribution in [0.25, 0.3) is 0 Å². The number of hydrogen-bond donors (Lipinski definition) is 4. The van der Waals surface area contributed by atoms with Crippen molar-refractivity contribution in [3.05, 3.63) is 63.8 Å². The SMILES string of the molecule is C[C@H](/C=C/C(=O)Nc1ccccc1N)[C@@H](O)c1cc(I)ccc1O. The maximum absolute atomic E-state index is 12.0. The van der Waals surface area contributed by atoms with Gasteiger partial charge < -0.3 is 21.3 Å². The highest BCUT2D eigenvalue weighted by atomic mass is 127. The van der Waals surface area contributed by atoms with Gasteiger partial charge in [0, 0.05) is 15.1 Å². The lowest BCUT2D eigenvalue weighted by Gasteiger charge is -2.17. The van der Waals surface area contributed by atoms with Gasteiger partial charge in [0.15, 0.2) is 0 Å². The van der Waals surface area contributed by atoms with Crippen molar-refractivity contribution in [1.82, 2.24) is 0 Å². The minimum Gasteiger partial charge on any atom is -0.508 e. The summed E-state index contributed by atoms with van der Waals surface area (Å²) in [6, 6.07) is 12.0. The molecule has 0 aromatic heterocycles. The molecule has 0 aliphatic heterocycles. The Morgan fingerprint density at radius 1 is 1.29 bits per heavy atom. The third-order valence-electron chi connectivity index (χ3n) is 3.58. The van der Waals surface area contributed by atoms with Crippen LogP contribution in [0.2, 0.25) is 0 Å². The summed E-state index contributed by atoms with van der Waals surface area (Å²) in [7, 11) is 0. The highest BCUT2D eigenvalue weighted by Crippen LogP contribution is 2.31. The number of anilines is 2. The number of nitrogens with one attached hydrogen (secondary N) is 1. The summed E-state index contributed by atoms with van der Waals surface area (Å²) in [4.78, 5) is 12.0. The molecule has 5 nitrogen and oxygen atoms in total. The summed E-state index contributed by atoms with van der Waals surface area (Å²) in [6.45, 7) is 1.77. The smallest absolute Gasteiger partial charge is 0.248 e. The number of para-hydroxylation sites is 2. The lowest BCUT2D eigenvalue weighted by atomic mass is 9.96. The van der Waals surface area contributed by atoms with E-state index in [9.17, 15) is 15.0 Å².